The topological polar surface area (TPSA) is 81.7 Å². The van der Waals surface area contributed by atoms with Gasteiger partial charge in [-0.25, -0.2) is 9.59 Å². The van der Waals surface area contributed by atoms with E-state index in [4.69, 9.17) is 5.11 Å². The van der Waals surface area contributed by atoms with Gasteiger partial charge in [0.05, 0.1) is 0 Å². The highest BCUT2D eigenvalue weighted by Crippen LogP contribution is 1.90. The normalized spacial score (nSPS) is 12.2. The Morgan fingerprint density at radius 1 is 1.38 bits per heavy atom. The van der Waals surface area contributed by atoms with Crippen molar-refractivity contribution in [3.63, 3.8) is 0 Å². The summed E-state index contributed by atoms with van der Waals surface area (Å²) in [5.74, 6) is -1.01. The number of carboxylic acids is 1. The molecule has 1 unspecified atom stereocenters. The minimum Gasteiger partial charge on any atom is -0.480 e. The average molecular weight is 231 g/mol. The first-order valence-corrected chi connectivity index (χ1v) is 5.46. The lowest BCUT2D eigenvalue weighted by Gasteiger charge is -2.16. The van der Waals surface area contributed by atoms with Gasteiger partial charge in [0.2, 0.25) is 0 Å². The molecule has 0 saturated carbocycles. The largest absolute Gasteiger partial charge is 0.480 e. The zero-order valence-corrected chi connectivity index (χ0v) is 10.1. The first-order chi connectivity index (χ1) is 7.51. The number of amides is 2. The van der Waals surface area contributed by atoms with E-state index in [9.17, 15) is 9.59 Å². The van der Waals surface area contributed by atoms with Gasteiger partial charge in [0.25, 0.3) is 0 Å². The van der Waals surface area contributed by atoms with Crippen molar-refractivity contribution in [2.24, 2.45) is 0 Å². The number of likely N-dealkylation sites (N-methyl/N-ethyl adjacent to an activating group) is 1. The van der Waals surface area contributed by atoms with Gasteiger partial charge >= 0.3 is 12.0 Å². The Balaban J connectivity index is 3.77. The predicted octanol–water partition coefficient (Wildman–Crippen LogP) is 0.101. The molecule has 0 aromatic heterocycles. The molecule has 0 radical (unpaired) electrons. The third-order valence-electron chi connectivity index (χ3n) is 2.33. The number of carbonyl (C=O) groups is 2. The van der Waals surface area contributed by atoms with Crippen LogP contribution in [0.15, 0.2) is 0 Å². The predicted molar refractivity (Wildman–Crippen MR) is 61.4 cm³/mol. The van der Waals surface area contributed by atoms with Gasteiger partial charge in [-0.1, -0.05) is 13.8 Å². The minimum absolute atomic E-state index is 0.373. The minimum atomic E-state index is -1.01. The fraction of sp³-hybridized carbons (Fsp3) is 0.800. The van der Waals surface area contributed by atoms with E-state index in [-0.39, 0.29) is 0 Å². The van der Waals surface area contributed by atoms with Crippen molar-refractivity contribution in [1.82, 2.24) is 15.5 Å². The number of carbonyl (C=O) groups excluding carboxylic acids is 1. The van der Waals surface area contributed by atoms with Gasteiger partial charge in [0.1, 0.15) is 6.04 Å². The van der Waals surface area contributed by atoms with Crippen molar-refractivity contribution in [2.45, 2.75) is 26.3 Å². The second-order valence-corrected chi connectivity index (χ2v) is 3.60. The molecule has 0 fully saturated rings. The summed E-state index contributed by atoms with van der Waals surface area (Å²) in [6.45, 7) is 5.90. The fourth-order valence-electron chi connectivity index (χ4n) is 1.07. The lowest BCUT2D eigenvalue weighted by molar-refractivity contribution is -0.139. The lowest BCUT2D eigenvalue weighted by Crippen LogP contribution is -2.47. The van der Waals surface area contributed by atoms with Gasteiger partial charge in [-0.3, -0.25) is 0 Å². The van der Waals surface area contributed by atoms with Gasteiger partial charge in [0.15, 0.2) is 0 Å². The summed E-state index contributed by atoms with van der Waals surface area (Å²) in [4.78, 5) is 24.0. The first kappa shape index (κ1) is 14.7. The number of urea groups is 1. The number of carboxylic acid groups (broad SMARTS) is 1. The van der Waals surface area contributed by atoms with E-state index in [1.165, 1.54) is 0 Å². The van der Waals surface area contributed by atoms with E-state index in [1.54, 1.807) is 6.92 Å². The average Bonchev–Trinajstić information content (AvgIpc) is 2.25. The van der Waals surface area contributed by atoms with Gasteiger partial charge in [-0.2, -0.15) is 0 Å². The second-order valence-electron chi connectivity index (χ2n) is 3.60. The molecule has 0 aromatic rings. The fourth-order valence-corrected chi connectivity index (χ4v) is 1.07. The van der Waals surface area contributed by atoms with Crippen LogP contribution in [0.5, 0.6) is 0 Å². The molecule has 1 atom stereocenters. The highest BCUT2D eigenvalue weighted by Gasteiger charge is 2.16. The molecule has 0 aliphatic heterocycles. The van der Waals surface area contributed by atoms with Gasteiger partial charge < -0.3 is 20.6 Å². The molecule has 0 heterocycles. The molecule has 94 valence electrons. The Hall–Kier alpha value is -1.30. The molecule has 0 aliphatic carbocycles. The van der Waals surface area contributed by atoms with Crippen LogP contribution in [0.1, 0.15) is 20.3 Å². The van der Waals surface area contributed by atoms with Crippen LogP contribution in [0.2, 0.25) is 0 Å². The van der Waals surface area contributed by atoms with Crippen LogP contribution < -0.4 is 10.6 Å². The van der Waals surface area contributed by atoms with Crippen LogP contribution in [-0.2, 0) is 4.79 Å². The SMILES string of the molecule is CCC(NC(=O)NCCN(C)CC)C(=O)O. The summed E-state index contributed by atoms with van der Waals surface area (Å²) in [6.07, 6.45) is 0.373. The van der Waals surface area contributed by atoms with Crippen LogP contribution in [0.3, 0.4) is 0 Å². The standard InChI is InChI=1S/C10H21N3O3/c1-4-8(9(14)15)12-10(16)11-6-7-13(3)5-2/h8H,4-7H2,1-3H3,(H,14,15)(H2,11,12,16). The van der Waals surface area contributed by atoms with E-state index in [0.29, 0.717) is 13.0 Å². The van der Waals surface area contributed by atoms with Gasteiger partial charge in [-0.05, 0) is 20.0 Å². The van der Waals surface area contributed by atoms with Crippen LogP contribution in [0.4, 0.5) is 4.79 Å². The second kappa shape index (κ2) is 7.92. The Morgan fingerprint density at radius 2 is 2.00 bits per heavy atom. The first-order valence-electron chi connectivity index (χ1n) is 5.46. The molecule has 0 saturated heterocycles. The quantitative estimate of drug-likeness (QED) is 0.580. The smallest absolute Gasteiger partial charge is 0.326 e. The molecule has 3 N–H and O–H groups in total. The molecule has 6 heteroatoms. The molecular weight excluding hydrogens is 210 g/mol. The molecule has 2 amide bonds. The Labute approximate surface area is 96.0 Å². The zero-order valence-electron chi connectivity index (χ0n) is 10.1. The molecule has 16 heavy (non-hydrogen) atoms. The van der Waals surface area contributed by atoms with E-state index in [0.717, 1.165) is 13.1 Å². The maximum Gasteiger partial charge on any atom is 0.326 e. The van der Waals surface area contributed by atoms with Gasteiger partial charge in [0, 0.05) is 13.1 Å². The van der Waals surface area contributed by atoms with Crippen molar-refractivity contribution in [3.8, 4) is 0 Å². The van der Waals surface area contributed by atoms with E-state index in [2.05, 4.69) is 15.5 Å². The molecule has 6 nitrogen and oxygen atoms in total. The number of nitrogens with one attached hydrogen (secondary N) is 2. The van der Waals surface area contributed by atoms with Crippen molar-refractivity contribution < 1.29 is 14.7 Å². The number of nitrogens with zero attached hydrogens (tertiary/aromatic N) is 1. The van der Waals surface area contributed by atoms with Gasteiger partial charge in [-0.15, -0.1) is 0 Å². The van der Waals surface area contributed by atoms with Crippen LogP contribution in [0, 0.1) is 0 Å². The number of rotatable bonds is 7. The highest BCUT2D eigenvalue weighted by molar-refractivity contribution is 5.82. The molecular formula is C10H21N3O3. The maximum absolute atomic E-state index is 11.3. The van der Waals surface area contributed by atoms with Crippen molar-refractivity contribution >= 4 is 12.0 Å². The summed E-state index contributed by atoms with van der Waals surface area (Å²) in [7, 11) is 1.95. The van der Waals surface area contributed by atoms with Crippen LogP contribution in [-0.4, -0.2) is 54.7 Å². The number of hydrogen-bond donors (Lipinski definition) is 3. The number of hydrogen-bond acceptors (Lipinski definition) is 3. The Kier molecular flexibility index (Phi) is 7.28. The van der Waals surface area contributed by atoms with E-state index >= 15 is 0 Å². The molecule has 0 spiro atoms. The van der Waals surface area contributed by atoms with Crippen LogP contribution in [0.25, 0.3) is 0 Å². The van der Waals surface area contributed by atoms with E-state index in [1.807, 2.05) is 14.0 Å². The number of aliphatic carboxylic acids is 1. The van der Waals surface area contributed by atoms with Crippen molar-refractivity contribution in [2.75, 3.05) is 26.7 Å². The summed E-state index contributed by atoms with van der Waals surface area (Å²) in [6, 6.07) is -1.25. The summed E-state index contributed by atoms with van der Waals surface area (Å²) < 4.78 is 0. The molecule has 0 aliphatic rings. The lowest BCUT2D eigenvalue weighted by atomic mass is 10.2. The highest BCUT2D eigenvalue weighted by atomic mass is 16.4. The maximum atomic E-state index is 11.3. The zero-order chi connectivity index (χ0) is 12.6. The summed E-state index contributed by atoms with van der Waals surface area (Å²) in [5, 5.41) is 13.7. The van der Waals surface area contributed by atoms with E-state index < -0.39 is 18.0 Å². The van der Waals surface area contributed by atoms with Crippen molar-refractivity contribution in [3.05, 3.63) is 0 Å². The molecule has 0 rings (SSSR count). The van der Waals surface area contributed by atoms with Crippen LogP contribution >= 0.6 is 0 Å². The monoisotopic (exact) mass is 231 g/mol. The third-order valence-corrected chi connectivity index (χ3v) is 2.33. The summed E-state index contributed by atoms with van der Waals surface area (Å²) >= 11 is 0. The summed E-state index contributed by atoms with van der Waals surface area (Å²) in [5.41, 5.74) is 0. The Bertz CT molecular complexity index is 233. The third kappa shape index (κ3) is 6.23. The molecule has 0 bridgehead atoms. The molecule has 0 aromatic carbocycles. The Morgan fingerprint density at radius 3 is 2.44 bits per heavy atom. The van der Waals surface area contributed by atoms with Crippen molar-refractivity contribution in [1.29, 1.82) is 0 Å².